The molecule has 0 amide bonds. The Morgan fingerprint density at radius 3 is 2.50 bits per heavy atom. The highest BCUT2D eigenvalue weighted by Crippen LogP contribution is 2.26. The van der Waals surface area contributed by atoms with Crippen molar-refractivity contribution in [1.29, 1.82) is 0 Å². The number of nitrogens with zero attached hydrogens (tertiary/aromatic N) is 2. The highest BCUT2D eigenvalue weighted by Gasteiger charge is 2.25. The maximum Gasteiger partial charge on any atom is 0.138 e. The van der Waals surface area contributed by atoms with Gasteiger partial charge in [0.15, 0.2) is 0 Å². The van der Waals surface area contributed by atoms with E-state index in [2.05, 4.69) is 23.7 Å². The second-order valence-corrected chi connectivity index (χ2v) is 6.22. The molecule has 0 fully saturated rings. The van der Waals surface area contributed by atoms with Crippen LogP contribution < -0.4 is 4.74 Å². The number of aromatic nitrogens is 1. The van der Waals surface area contributed by atoms with E-state index in [0.29, 0.717) is 37.2 Å². The lowest BCUT2D eigenvalue weighted by Crippen LogP contribution is -2.28. The zero-order valence-corrected chi connectivity index (χ0v) is 13.9. The minimum Gasteiger partial charge on any atom is -0.511 e. The fraction of sp³-hybridized carbons (Fsp3) is 0.316. The second kappa shape index (κ2) is 7.01. The maximum atomic E-state index is 12.9. The summed E-state index contributed by atoms with van der Waals surface area (Å²) in [5.41, 5.74) is 2.53. The van der Waals surface area contributed by atoms with E-state index in [4.69, 9.17) is 4.74 Å². The van der Waals surface area contributed by atoms with Crippen molar-refractivity contribution in [3.63, 3.8) is 0 Å². The van der Waals surface area contributed by atoms with E-state index in [9.17, 15) is 9.50 Å². The minimum absolute atomic E-state index is 0.259. The average molecular weight is 328 g/mol. The molecule has 1 aliphatic rings. The highest BCUT2D eigenvalue weighted by molar-refractivity contribution is 5.68. The molecule has 0 bridgehead atoms. The molecular formula is C19H21FN2O2. The number of hydrogen-bond donors (Lipinski definition) is 1. The van der Waals surface area contributed by atoms with Crippen LogP contribution in [0.15, 0.2) is 48.4 Å². The fourth-order valence-corrected chi connectivity index (χ4v) is 2.62. The Balaban J connectivity index is 1.63. The SMILES string of the molecule is CC(C)N1CC(O)=C(c2ccc(OCc3ccc(F)cc3)cn2)C1. The number of pyridine rings is 1. The molecule has 5 heteroatoms. The molecular weight excluding hydrogens is 307 g/mol. The van der Waals surface area contributed by atoms with Gasteiger partial charge in [-0.1, -0.05) is 12.1 Å². The topological polar surface area (TPSA) is 45.6 Å². The molecule has 2 aromatic rings. The van der Waals surface area contributed by atoms with Gasteiger partial charge >= 0.3 is 0 Å². The third-order valence-electron chi connectivity index (χ3n) is 4.16. The lowest BCUT2D eigenvalue weighted by molar-refractivity contribution is 0.256. The van der Waals surface area contributed by atoms with Crippen LogP contribution in [0.25, 0.3) is 5.57 Å². The van der Waals surface area contributed by atoms with Crippen LogP contribution in [0.5, 0.6) is 5.75 Å². The van der Waals surface area contributed by atoms with Gasteiger partial charge in [0, 0.05) is 18.2 Å². The van der Waals surface area contributed by atoms with Gasteiger partial charge in [0.1, 0.15) is 23.9 Å². The number of benzene rings is 1. The summed E-state index contributed by atoms with van der Waals surface area (Å²) in [7, 11) is 0. The van der Waals surface area contributed by atoms with Crippen LogP contribution in [0.2, 0.25) is 0 Å². The van der Waals surface area contributed by atoms with Crippen molar-refractivity contribution < 1.29 is 14.2 Å². The van der Waals surface area contributed by atoms with Crippen LogP contribution in [0.4, 0.5) is 4.39 Å². The van der Waals surface area contributed by atoms with Gasteiger partial charge in [-0.25, -0.2) is 4.39 Å². The zero-order valence-electron chi connectivity index (χ0n) is 13.9. The summed E-state index contributed by atoms with van der Waals surface area (Å²) >= 11 is 0. The van der Waals surface area contributed by atoms with E-state index in [-0.39, 0.29) is 5.82 Å². The summed E-state index contributed by atoms with van der Waals surface area (Å²) in [4.78, 5) is 6.59. The largest absolute Gasteiger partial charge is 0.511 e. The first-order valence-electron chi connectivity index (χ1n) is 8.01. The molecule has 0 spiro atoms. The molecule has 0 unspecified atom stereocenters. The van der Waals surface area contributed by atoms with E-state index < -0.39 is 0 Å². The van der Waals surface area contributed by atoms with Gasteiger partial charge in [-0.05, 0) is 43.7 Å². The van der Waals surface area contributed by atoms with Gasteiger partial charge in [0.2, 0.25) is 0 Å². The van der Waals surface area contributed by atoms with Crippen molar-refractivity contribution in [2.24, 2.45) is 0 Å². The summed E-state index contributed by atoms with van der Waals surface area (Å²) in [6, 6.07) is 10.3. The number of hydrogen-bond acceptors (Lipinski definition) is 4. The second-order valence-electron chi connectivity index (χ2n) is 6.22. The van der Waals surface area contributed by atoms with Crippen LogP contribution in [0, 0.1) is 5.82 Å². The van der Waals surface area contributed by atoms with Crippen molar-refractivity contribution in [1.82, 2.24) is 9.88 Å². The lowest BCUT2D eigenvalue weighted by Gasteiger charge is -2.19. The monoisotopic (exact) mass is 328 g/mol. The Kier molecular flexibility index (Phi) is 4.81. The van der Waals surface area contributed by atoms with Crippen molar-refractivity contribution in [2.75, 3.05) is 13.1 Å². The van der Waals surface area contributed by atoms with Crippen LogP contribution in [-0.2, 0) is 6.61 Å². The van der Waals surface area contributed by atoms with E-state index >= 15 is 0 Å². The molecule has 3 rings (SSSR count). The summed E-state index contributed by atoms with van der Waals surface area (Å²) in [6.07, 6.45) is 1.65. The van der Waals surface area contributed by atoms with Gasteiger partial charge in [-0.2, -0.15) is 0 Å². The summed E-state index contributed by atoms with van der Waals surface area (Å²) in [6.45, 7) is 5.84. The third kappa shape index (κ3) is 3.74. The predicted molar refractivity (Wildman–Crippen MR) is 91.2 cm³/mol. The molecule has 1 aliphatic heterocycles. The number of aliphatic hydroxyl groups excluding tert-OH is 1. The number of ether oxygens (including phenoxy) is 1. The first-order valence-corrected chi connectivity index (χ1v) is 8.01. The molecule has 24 heavy (non-hydrogen) atoms. The van der Waals surface area contributed by atoms with Gasteiger partial charge in [0.05, 0.1) is 18.4 Å². The van der Waals surface area contributed by atoms with Crippen molar-refractivity contribution >= 4 is 5.57 Å². The Hall–Kier alpha value is -2.40. The molecule has 1 N–H and O–H groups in total. The maximum absolute atomic E-state index is 12.9. The Morgan fingerprint density at radius 2 is 1.92 bits per heavy atom. The van der Waals surface area contributed by atoms with E-state index in [1.165, 1.54) is 12.1 Å². The minimum atomic E-state index is -0.259. The molecule has 0 radical (unpaired) electrons. The molecule has 0 aliphatic carbocycles. The molecule has 126 valence electrons. The number of rotatable bonds is 5. The predicted octanol–water partition coefficient (Wildman–Crippen LogP) is 3.79. The zero-order chi connectivity index (χ0) is 17.1. The smallest absolute Gasteiger partial charge is 0.138 e. The average Bonchev–Trinajstić information content (AvgIpc) is 2.97. The fourth-order valence-electron chi connectivity index (χ4n) is 2.62. The quantitative estimate of drug-likeness (QED) is 0.907. The normalized spacial score (nSPS) is 15.3. The number of aliphatic hydroxyl groups is 1. The van der Waals surface area contributed by atoms with E-state index in [0.717, 1.165) is 16.8 Å². The molecule has 1 aromatic heterocycles. The van der Waals surface area contributed by atoms with Crippen molar-refractivity contribution in [2.45, 2.75) is 26.5 Å². The van der Waals surface area contributed by atoms with E-state index in [1.54, 1.807) is 18.3 Å². The molecule has 1 aromatic carbocycles. The molecule has 0 saturated heterocycles. The first kappa shape index (κ1) is 16.5. The first-order chi connectivity index (χ1) is 11.5. The molecule has 0 atom stereocenters. The van der Waals surface area contributed by atoms with Gasteiger partial charge in [-0.3, -0.25) is 9.88 Å². The van der Waals surface area contributed by atoms with Crippen LogP contribution in [0.3, 0.4) is 0 Å². The van der Waals surface area contributed by atoms with Gasteiger partial charge in [-0.15, -0.1) is 0 Å². The van der Waals surface area contributed by atoms with E-state index in [1.807, 2.05) is 12.1 Å². The Labute approximate surface area is 141 Å². The Morgan fingerprint density at radius 1 is 1.17 bits per heavy atom. The van der Waals surface area contributed by atoms with Gasteiger partial charge < -0.3 is 9.84 Å². The summed E-state index contributed by atoms with van der Waals surface area (Å²) in [5, 5.41) is 10.1. The van der Waals surface area contributed by atoms with Crippen LogP contribution in [0.1, 0.15) is 25.1 Å². The van der Waals surface area contributed by atoms with Gasteiger partial charge in [0.25, 0.3) is 0 Å². The lowest BCUT2D eigenvalue weighted by atomic mass is 10.1. The highest BCUT2D eigenvalue weighted by atomic mass is 19.1. The molecule has 4 nitrogen and oxygen atoms in total. The standard InChI is InChI=1S/C19H21FN2O2/c1-13(2)22-10-17(19(23)11-22)18-8-7-16(9-21-18)24-12-14-3-5-15(20)6-4-14/h3-9,13,23H,10-12H2,1-2H3. The van der Waals surface area contributed by atoms with Crippen LogP contribution >= 0.6 is 0 Å². The third-order valence-corrected chi connectivity index (χ3v) is 4.16. The van der Waals surface area contributed by atoms with Crippen LogP contribution in [-0.4, -0.2) is 34.1 Å². The summed E-state index contributed by atoms with van der Waals surface area (Å²) < 4.78 is 18.5. The summed E-state index contributed by atoms with van der Waals surface area (Å²) in [5.74, 6) is 0.767. The number of halogens is 1. The van der Waals surface area contributed by atoms with Crippen molar-refractivity contribution in [3.8, 4) is 5.75 Å². The van der Waals surface area contributed by atoms with Crippen molar-refractivity contribution in [3.05, 3.63) is 65.4 Å². The molecule has 2 heterocycles. The molecule has 0 saturated carbocycles. The Bertz CT molecular complexity index is 724.